The van der Waals surface area contributed by atoms with Crippen molar-refractivity contribution < 1.29 is 9.90 Å². The standard InChI is InChI=1S/C18H24O2S/c1-14-8-4-5-9-15(14)21-18(16(19)20)12-17(13-18)10-6-2-3-7-11-17/h4-5,8-9H,2-3,6-7,10-13H2,1H3,(H,19,20). The minimum Gasteiger partial charge on any atom is -0.480 e. The van der Waals surface area contributed by atoms with E-state index in [2.05, 4.69) is 19.1 Å². The molecule has 1 aromatic rings. The van der Waals surface area contributed by atoms with Crippen molar-refractivity contribution in [2.24, 2.45) is 5.41 Å². The van der Waals surface area contributed by atoms with E-state index in [9.17, 15) is 9.90 Å². The van der Waals surface area contributed by atoms with E-state index in [1.54, 1.807) is 11.8 Å². The number of carbonyl (C=O) groups is 1. The van der Waals surface area contributed by atoms with Gasteiger partial charge in [0.25, 0.3) is 0 Å². The summed E-state index contributed by atoms with van der Waals surface area (Å²) in [5.74, 6) is -0.620. The van der Waals surface area contributed by atoms with Crippen molar-refractivity contribution in [2.75, 3.05) is 0 Å². The van der Waals surface area contributed by atoms with E-state index in [-0.39, 0.29) is 0 Å². The molecule has 21 heavy (non-hydrogen) atoms. The summed E-state index contributed by atoms with van der Waals surface area (Å²) < 4.78 is -0.587. The zero-order valence-corrected chi connectivity index (χ0v) is 13.5. The monoisotopic (exact) mass is 304 g/mol. The third-order valence-electron chi connectivity index (χ3n) is 5.27. The maximum absolute atomic E-state index is 11.9. The van der Waals surface area contributed by atoms with E-state index in [1.165, 1.54) is 44.1 Å². The second-order valence-electron chi connectivity index (χ2n) is 6.93. The van der Waals surface area contributed by atoms with Gasteiger partial charge in [0.2, 0.25) is 0 Å². The molecule has 3 rings (SSSR count). The van der Waals surface area contributed by atoms with E-state index < -0.39 is 10.7 Å². The van der Waals surface area contributed by atoms with Crippen molar-refractivity contribution in [1.82, 2.24) is 0 Å². The highest BCUT2D eigenvalue weighted by molar-refractivity contribution is 8.01. The average molecular weight is 304 g/mol. The van der Waals surface area contributed by atoms with Crippen LogP contribution in [0.1, 0.15) is 56.9 Å². The minimum atomic E-state index is -0.620. The third-order valence-corrected chi connectivity index (χ3v) is 6.81. The number of hydrogen-bond donors (Lipinski definition) is 1. The molecule has 2 fully saturated rings. The van der Waals surface area contributed by atoms with Gasteiger partial charge in [-0.15, -0.1) is 11.8 Å². The highest BCUT2D eigenvalue weighted by atomic mass is 32.2. The summed E-state index contributed by atoms with van der Waals surface area (Å²) in [7, 11) is 0. The first-order valence-corrected chi connectivity index (χ1v) is 8.85. The Labute approximate surface area is 131 Å². The molecule has 2 saturated carbocycles. The van der Waals surface area contributed by atoms with Crippen LogP contribution in [-0.4, -0.2) is 15.8 Å². The fraction of sp³-hybridized carbons (Fsp3) is 0.611. The van der Waals surface area contributed by atoms with Gasteiger partial charge in [-0.05, 0) is 49.7 Å². The second kappa shape index (κ2) is 5.68. The molecule has 0 heterocycles. The Hall–Kier alpha value is -0.960. The Bertz CT molecular complexity index is 522. The van der Waals surface area contributed by atoms with Gasteiger partial charge in [-0.2, -0.15) is 0 Å². The molecule has 2 aliphatic carbocycles. The third kappa shape index (κ3) is 2.85. The molecule has 0 atom stereocenters. The van der Waals surface area contributed by atoms with Crippen LogP contribution in [0.5, 0.6) is 0 Å². The molecule has 2 nitrogen and oxygen atoms in total. The fourth-order valence-electron chi connectivity index (χ4n) is 4.14. The van der Waals surface area contributed by atoms with Crippen molar-refractivity contribution in [3.8, 4) is 0 Å². The smallest absolute Gasteiger partial charge is 0.320 e. The Kier molecular flexibility index (Phi) is 4.04. The summed E-state index contributed by atoms with van der Waals surface area (Å²) in [6, 6.07) is 8.14. The molecular weight excluding hydrogens is 280 g/mol. The predicted octanol–water partition coefficient (Wildman–Crippen LogP) is 5.04. The molecule has 1 N–H and O–H groups in total. The van der Waals surface area contributed by atoms with Gasteiger partial charge in [0.05, 0.1) is 0 Å². The first-order chi connectivity index (χ1) is 10.1. The Morgan fingerprint density at radius 2 is 1.71 bits per heavy atom. The van der Waals surface area contributed by atoms with Gasteiger partial charge in [0.15, 0.2) is 0 Å². The van der Waals surface area contributed by atoms with Crippen molar-refractivity contribution in [3.05, 3.63) is 29.8 Å². The number of benzene rings is 1. The molecular formula is C18H24O2S. The maximum atomic E-state index is 11.9. The lowest BCUT2D eigenvalue weighted by Crippen LogP contribution is -2.54. The average Bonchev–Trinajstić information content (AvgIpc) is 2.66. The van der Waals surface area contributed by atoms with Crippen molar-refractivity contribution >= 4 is 17.7 Å². The van der Waals surface area contributed by atoms with Gasteiger partial charge in [0.1, 0.15) is 4.75 Å². The normalized spacial score (nSPS) is 23.3. The van der Waals surface area contributed by atoms with Crippen molar-refractivity contribution in [2.45, 2.75) is 67.9 Å². The molecule has 2 aliphatic rings. The number of hydrogen-bond acceptors (Lipinski definition) is 2. The lowest BCUT2D eigenvalue weighted by Gasteiger charge is -2.53. The number of carboxylic acid groups (broad SMARTS) is 1. The Balaban J connectivity index is 1.77. The minimum absolute atomic E-state index is 0.324. The molecule has 1 spiro atoms. The summed E-state index contributed by atoms with van der Waals surface area (Å²) in [5.41, 5.74) is 1.51. The molecule has 114 valence electrons. The van der Waals surface area contributed by atoms with Gasteiger partial charge >= 0.3 is 5.97 Å². The molecule has 0 unspecified atom stereocenters. The first kappa shape index (κ1) is 15.0. The Morgan fingerprint density at radius 3 is 2.29 bits per heavy atom. The molecule has 0 saturated heterocycles. The molecule has 0 radical (unpaired) electrons. The van der Waals surface area contributed by atoms with Crippen LogP contribution < -0.4 is 0 Å². The highest BCUT2D eigenvalue weighted by Crippen LogP contribution is 2.62. The summed E-state index contributed by atoms with van der Waals surface area (Å²) in [6.45, 7) is 2.07. The highest BCUT2D eigenvalue weighted by Gasteiger charge is 2.59. The van der Waals surface area contributed by atoms with E-state index in [0.29, 0.717) is 5.41 Å². The number of rotatable bonds is 3. The number of aryl methyl sites for hydroxylation is 1. The number of thioether (sulfide) groups is 1. The number of aliphatic carboxylic acids is 1. The zero-order chi connectivity index (χ0) is 14.9. The Morgan fingerprint density at radius 1 is 1.10 bits per heavy atom. The van der Waals surface area contributed by atoms with Crippen LogP contribution in [-0.2, 0) is 4.79 Å². The van der Waals surface area contributed by atoms with Crippen LogP contribution in [0.2, 0.25) is 0 Å². The van der Waals surface area contributed by atoms with Gasteiger partial charge in [-0.1, -0.05) is 43.9 Å². The molecule has 1 aromatic carbocycles. The van der Waals surface area contributed by atoms with E-state index >= 15 is 0 Å². The molecule has 3 heteroatoms. The lowest BCUT2D eigenvalue weighted by atomic mass is 9.58. The van der Waals surface area contributed by atoms with Crippen LogP contribution in [0.25, 0.3) is 0 Å². The SMILES string of the molecule is Cc1ccccc1SC1(C(=O)O)CC2(CCCCCC2)C1. The molecule has 0 bridgehead atoms. The lowest BCUT2D eigenvalue weighted by molar-refractivity contribution is -0.147. The number of carboxylic acids is 1. The largest absolute Gasteiger partial charge is 0.480 e. The van der Waals surface area contributed by atoms with E-state index in [1.807, 2.05) is 12.1 Å². The topological polar surface area (TPSA) is 37.3 Å². The van der Waals surface area contributed by atoms with Gasteiger partial charge in [-0.3, -0.25) is 4.79 Å². The van der Waals surface area contributed by atoms with Crippen LogP contribution >= 0.6 is 11.8 Å². The van der Waals surface area contributed by atoms with Gasteiger partial charge in [0, 0.05) is 4.90 Å². The van der Waals surface area contributed by atoms with E-state index in [0.717, 1.165) is 17.7 Å². The summed E-state index contributed by atoms with van der Waals surface area (Å²) in [4.78, 5) is 13.0. The van der Waals surface area contributed by atoms with Crippen LogP contribution in [0.15, 0.2) is 29.2 Å². The van der Waals surface area contributed by atoms with E-state index in [4.69, 9.17) is 0 Å². The molecule has 0 aromatic heterocycles. The summed E-state index contributed by atoms with van der Waals surface area (Å²) >= 11 is 1.59. The molecule has 0 amide bonds. The predicted molar refractivity (Wildman–Crippen MR) is 86.8 cm³/mol. The van der Waals surface area contributed by atoms with Gasteiger partial charge in [-0.25, -0.2) is 0 Å². The summed E-state index contributed by atoms with van der Waals surface area (Å²) in [6.07, 6.45) is 9.39. The molecule has 0 aliphatic heterocycles. The van der Waals surface area contributed by atoms with Crippen LogP contribution in [0, 0.1) is 12.3 Å². The zero-order valence-electron chi connectivity index (χ0n) is 12.7. The van der Waals surface area contributed by atoms with Crippen LogP contribution in [0.3, 0.4) is 0 Å². The summed E-state index contributed by atoms with van der Waals surface area (Å²) in [5, 5.41) is 9.80. The second-order valence-corrected chi connectivity index (χ2v) is 8.36. The first-order valence-electron chi connectivity index (χ1n) is 8.03. The maximum Gasteiger partial charge on any atom is 0.320 e. The van der Waals surface area contributed by atoms with Gasteiger partial charge < -0.3 is 5.11 Å². The van der Waals surface area contributed by atoms with Crippen LogP contribution in [0.4, 0.5) is 0 Å². The van der Waals surface area contributed by atoms with Crippen molar-refractivity contribution in [1.29, 1.82) is 0 Å². The quantitative estimate of drug-likeness (QED) is 0.849. The fourth-order valence-corrected chi connectivity index (χ4v) is 5.78. The van der Waals surface area contributed by atoms with Crippen molar-refractivity contribution in [3.63, 3.8) is 0 Å².